The van der Waals surface area contributed by atoms with E-state index in [0.717, 1.165) is 0 Å². The van der Waals surface area contributed by atoms with Crippen molar-refractivity contribution < 1.29 is 0 Å². The summed E-state index contributed by atoms with van der Waals surface area (Å²) in [5, 5.41) is 0.118. The van der Waals surface area contributed by atoms with Gasteiger partial charge in [-0.25, -0.2) is 9.97 Å². The molecule has 0 unspecified atom stereocenters. The zero-order chi connectivity index (χ0) is 11.1. The maximum absolute atomic E-state index is 10.4. The summed E-state index contributed by atoms with van der Waals surface area (Å²) >= 11 is 5.30. The molecule has 6 nitrogen and oxygen atoms in total. The van der Waals surface area contributed by atoms with Crippen LogP contribution in [0.3, 0.4) is 0 Å². The third-order valence-electron chi connectivity index (χ3n) is 1.27. The Balaban J connectivity index is 0.000000151. The molecule has 0 aliphatic heterocycles. The van der Waals surface area contributed by atoms with Gasteiger partial charge in [0.25, 0.3) is 11.1 Å². The zero-order valence-electron chi connectivity index (χ0n) is 7.48. The molecule has 0 radical (unpaired) electrons. The Morgan fingerprint density at radius 2 is 1.87 bits per heavy atom. The summed E-state index contributed by atoms with van der Waals surface area (Å²) in [5.41, 5.74) is -0.420. The summed E-state index contributed by atoms with van der Waals surface area (Å²) in [6, 6.07) is 1.36. The summed E-state index contributed by atoms with van der Waals surface area (Å²) < 4.78 is 0. The lowest BCUT2D eigenvalue weighted by atomic mass is 10.7. The number of hydrogen-bond acceptors (Lipinski definition) is 4. The average Bonchev–Trinajstić information content (AvgIpc) is 2.25. The Bertz CT molecular complexity index is 505. The fraction of sp³-hybridized carbons (Fsp3) is 0. The van der Waals surface area contributed by atoms with Gasteiger partial charge in [0.2, 0.25) is 0 Å². The number of hydrogen-bond donors (Lipinski definition) is 2. The van der Waals surface area contributed by atoms with Gasteiger partial charge in [-0.05, 0) is 0 Å². The predicted molar refractivity (Wildman–Crippen MR) is 54.7 cm³/mol. The maximum Gasteiger partial charge on any atom is 0.269 e. The highest BCUT2D eigenvalue weighted by Crippen LogP contribution is 1.91. The Morgan fingerprint density at radius 1 is 1.13 bits per heavy atom. The van der Waals surface area contributed by atoms with Crippen LogP contribution in [0.1, 0.15) is 0 Å². The molecule has 0 saturated heterocycles. The van der Waals surface area contributed by atoms with Crippen LogP contribution in [-0.4, -0.2) is 19.9 Å². The highest BCUT2D eigenvalue weighted by atomic mass is 35.5. The normalized spacial score (nSPS) is 8.87. The van der Waals surface area contributed by atoms with Crippen molar-refractivity contribution in [1.82, 2.24) is 19.9 Å². The molecule has 7 heteroatoms. The molecule has 0 aliphatic rings. The molecule has 0 amide bonds. The molecule has 2 rings (SSSR count). The Kier molecular flexibility index (Phi) is 4.24. The van der Waals surface area contributed by atoms with Crippen molar-refractivity contribution >= 4 is 11.6 Å². The molecule has 2 aromatic heterocycles. The van der Waals surface area contributed by atoms with Gasteiger partial charge in [0.05, 0.1) is 18.9 Å². The number of halogens is 1. The Morgan fingerprint density at radius 3 is 2.20 bits per heavy atom. The number of nitrogens with one attached hydrogen (secondary N) is 2. The lowest BCUT2D eigenvalue weighted by Crippen LogP contribution is -2.04. The standard InChI is InChI=1S/C4H3ClN2O.C4H4N2O/c5-3-1-6-2-7-4(3)8;7-4-1-2-5-3-6-4/h1-2H,(H,6,7,8);1-3H,(H,5,6,7). The van der Waals surface area contributed by atoms with Crippen molar-refractivity contribution in [2.45, 2.75) is 0 Å². The SMILES string of the molecule is O=c1[nH]cncc1Cl.O=c1ccnc[nH]1. The van der Waals surface area contributed by atoms with Crippen molar-refractivity contribution in [3.63, 3.8) is 0 Å². The van der Waals surface area contributed by atoms with Crippen LogP contribution in [0.4, 0.5) is 0 Å². The van der Waals surface area contributed by atoms with Gasteiger partial charge in [0.15, 0.2) is 0 Å². The summed E-state index contributed by atoms with van der Waals surface area (Å²) in [4.78, 5) is 32.4. The number of aromatic nitrogens is 4. The predicted octanol–water partition coefficient (Wildman–Crippen LogP) is 0.193. The molecular weight excluding hydrogens is 220 g/mol. The van der Waals surface area contributed by atoms with Gasteiger partial charge in [-0.15, -0.1) is 0 Å². The minimum Gasteiger partial charge on any atom is -0.313 e. The molecule has 0 spiro atoms. The molecule has 0 bridgehead atoms. The summed E-state index contributed by atoms with van der Waals surface area (Å²) in [6.45, 7) is 0. The van der Waals surface area contributed by atoms with Crippen LogP contribution in [0.15, 0.2) is 40.7 Å². The van der Waals surface area contributed by atoms with E-state index in [4.69, 9.17) is 11.6 Å². The van der Waals surface area contributed by atoms with Gasteiger partial charge in [0.1, 0.15) is 5.02 Å². The first-order valence-corrected chi connectivity index (χ1v) is 4.25. The van der Waals surface area contributed by atoms with E-state index in [2.05, 4.69) is 19.9 Å². The van der Waals surface area contributed by atoms with Crippen molar-refractivity contribution in [2.75, 3.05) is 0 Å². The fourth-order valence-electron chi connectivity index (χ4n) is 0.629. The summed E-state index contributed by atoms with van der Waals surface area (Å²) in [5.74, 6) is 0. The van der Waals surface area contributed by atoms with Gasteiger partial charge in [-0.3, -0.25) is 9.59 Å². The first-order valence-electron chi connectivity index (χ1n) is 3.87. The van der Waals surface area contributed by atoms with Gasteiger partial charge in [0, 0.05) is 12.3 Å². The van der Waals surface area contributed by atoms with Crippen LogP contribution in [-0.2, 0) is 0 Å². The summed E-state index contributed by atoms with van der Waals surface area (Å²) in [7, 11) is 0. The fourth-order valence-corrected chi connectivity index (χ4v) is 0.740. The first kappa shape index (κ1) is 11.1. The zero-order valence-corrected chi connectivity index (χ0v) is 8.23. The highest BCUT2D eigenvalue weighted by molar-refractivity contribution is 6.30. The van der Waals surface area contributed by atoms with E-state index in [0.29, 0.717) is 0 Å². The van der Waals surface area contributed by atoms with Crippen LogP contribution >= 0.6 is 11.6 Å². The van der Waals surface area contributed by atoms with Crippen molar-refractivity contribution in [3.8, 4) is 0 Å². The van der Waals surface area contributed by atoms with Gasteiger partial charge in [-0.1, -0.05) is 11.6 Å². The second-order valence-corrected chi connectivity index (χ2v) is 2.74. The van der Waals surface area contributed by atoms with E-state index < -0.39 is 0 Å². The molecule has 2 aromatic rings. The third-order valence-corrected chi connectivity index (χ3v) is 1.54. The third kappa shape index (κ3) is 4.19. The van der Waals surface area contributed by atoms with E-state index in [1.807, 2.05) is 0 Å². The van der Waals surface area contributed by atoms with Gasteiger partial charge < -0.3 is 9.97 Å². The van der Waals surface area contributed by atoms with Crippen LogP contribution < -0.4 is 11.1 Å². The first-order chi connectivity index (χ1) is 7.20. The Labute approximate surface area is 89.0 Å². The van der Waals surface area contributed by atoms with E-state index >= 15 is 0 Å². The molecule has 2 N–H and O–H groups in total. The smallest absolute Gasteiger partial charge is 0.269 e. The highest BCUT2D eigenvalue weighted by Gasteiger charge is 1.88. The summed E-state index contributed by atoms with van der Waals surface area (Å²) in [6.07, 6.45) is 5.37. The van der Waals surface area contributed by atoms with E-state index in [1.165, 1.54) is 31.1 Å². The van der Waals surface area contributed by atoms with Gasteiger partial charge in [-0.2, -0.15) is 0 Å². The number of rotatable bonds is 0. The van der Waals surface area contributed by atoms with Crippen molar-refractivity contribution in [2.24, 2.45) is 0 Å². The minimum absolute atomic E-state index is 0.116. The molecule has 0 aliphatic carbocycles. The molecule has 0 atom stereocenters. The van der Waals surface area contributed by atoms with E-state index in [9.17, 15) is 9.59 Å². The molecule has 0 saturated carbocycles. The van der Waals surface area contributed by atoms with E-state index in [-0.39, 0.29) is 16.1 Å². The Hall–Kier alpha value is -1.95. The van der Waals surface area contributed by atoms with Crippen molar-refractivity contribution in [1.29, 1.82) is 0 Å². The lowest BCUT2D eigenvalue weighted by molar-refractivity contribution is 1.12. The lowest BCUT2D eigenvalue weighted by Gasteiger charge is -1.80. The number of nitrogens with zero attached hydrogens (tertiary/aromatic N) is 2. The average molecular weight is 227 g/mol. The van der Waals surface area contributed by atoms with Crippen LogP contribution in [0.5, 0.6) is 0 Å². The van der Waals surface area contributed by atoms with Gasteiger partial charge >= 0.3 is 0 Å². The van der Waals surface area contributed by atoms with Crippen molar-refractivity contribution in [3.05, 3.63) is 56.8 Å². The van der Waals surface area contributed by atoms with Crippen LogP contribution in [0.2, 0.25) is 5.02 Å². The number of aromatic amines is 2. The van der Waals surface area contributed by atoms with Crippen LogP contribution in [0, 0.1) is 0 Å². The largest absolute Gasteiger partial charge is 0.313 e. The maximum atomic E-state index is 10.4. The molecule has 2 heterocycles. The minimum atomic E-state index is -0.304. The van der Waals surface area contributed by atoms with E-state index in [1.54, 1.807) is 0 Å². The molecule has 0 fully saturated rings. The monoisotopic (exact) mass is 226 g/mol. The van der Waals surface area contributed by atoms with Crippen LogP contribution in [0.25, 0.3) is 0 Å². The molecule has 0 aromatic carbocycles. The topological polar surface area (TPSA) is 91.5 Å². The second-order valence-electron chi connectivity index (χ2n) is 2.33. The molecule has 78 valence electrons. The number of H-pyrrole nitrogens is 2. The quantitative estimate of drug-likeness (QED) is 0.671. The molecule has 15 heavy (non-hydrogen) atoms. The second kappa shape index (κ2) is 5.71. The molecular formula is C8H7ClN4O2.